The zero-order chi connectivity index (χ0) is 19.2. The van der Waals surface area contributed by atoms with Gasteiger partial charge in [0.1, 0.15) is 6.04 Å². The van der Waals surface area contributed by atoms with Crippen LogP contribution in [-0.4, -0.2) is 28.8 Å². The molecule has 1 aromatic carbocycles. The normalized spacial score (nSPS) is 15.9. The number of benzene rings is 1. The Morgan fingerprint density at radius 1 is 1.26 bits per heavy atom. The predicted octanol–water partition coefficient (Wildman–Crippen LogP) is 2.89. The number of aromatic nitrogens is 2. The van der Waals surface area contributed by atoms with Crippen molar-refractivity contribution >= 4 is 11.6 Å². The number of hydrogen-bond acceptors (Lipinski definition) is 4. The summed E-state index contributed by atoms with van der Waals surface area (Å²) in [5.74, 6) is -0.137. The first kappa shape index (κ1) is 19.1. The van der Waals surface area contributed by atoms with E-state index in [1.165, 1.54) is 11.1 Å². The fourth-order valence-corrected chi connectivity index (χ4v) is 3.54. The summed E-state index contributed by atoms with van der Waals surface area (Å²) in [7, 11) is 1.92. The number of nitrogens with one attached hydrogen (secondary N) is 1. The van der Waals surface area contributed by atoms with Gasteiger partial charge in [-0.3, -0.25) is 9.59 Å². The van der Waals surface area contributed by atoms with Gasteiger partial charge in [-0.15, -0.1) is 0 Å². The lowest BCUT2D eigenvalue weighted by Gasteiger charge is -2.25. The SMILES string of the molecule is CC(C(=O)NC1CCCCC1)n1ncc(N(C)Cc2ccccc2)cc1=O. The van der Waals surface area contributed by atoms with E-state index in [0.29, 0.717) is 6.54 Å². The van der Waals surface area contributed by atoms with E-state index in [9.17, 15) is 9.59 Å². The molecule has 0 aliphatic heterocycles. The highest BCUT2D eigenvalue weighted by Crippen LogP contribution is 2.18. The van der Waals surface area contributed by atoms with Gasteiger partial charge in [0.15, 0.2) is 0 Å². The molecule has 1 heterocycles. The minimum absolute atomic E-state index is 0.137. The largest absolute Gasteiger partial charge is 0.369 e. The van der Waals surface area contributed by atoms with Gasteiger partial charge in [-0.25, -0.2) is 4.68 Å². The molecule has 2 aromatic rings. The van der Waals surface area contributed by atoms with Crippen molar-refractivity contribution in [1.82, 2.24) is 15.1 Å². The summed E-state index contributed by atoms with van der Waals surface area (Å²) in [5, 5.41) is 7.32. The number of carbonyl (C=O) groups is 1. The summed E-state index contributed by atoms with van der Waals surface area (Å²) in [6, 6.07) is 11.2. The van der Waals surface area contributed by atoms with Gasteiger partial charge < -0.3 is 10.2 Å². The molecule has 1 atom stereocenters. The average Bonchev–Trinajstić information content (AvgIpc) is 2.69. The molecule has 6 heteroatoms. The predicted molar refractivity (Wildman–Crippen MR) is 107 cm³/mol. The van der Waals surface area contributed by atoms with Crippen molar-refractivity contribution in [3.63, 3.8) is 0 Å². The second-order valence-electron chi connectivity index (χ2n) is 7.36. The number of anilines is 1. The van der Waals surface area contributed by atoms with Gasteiger partial charge in [-0.1, -0.05) is 49.6 Å². The molecule has 0 saturated heterocycles. The van der Waals surface area contributed by atoms with Gasteiger partial charge in [0.25, 0.3) is 5.56 Å². The van der Waals surface area contributed by atoms with E-state index in [1.54, 1.807) is 19.2 Å². The maximum atomic E-state index is 12.5. The maximum Gasteiger partial charge on any atom is 0.269 e. The van der Waals surface area contributed by atoms with Crippen molar-refractivity contribution in [2.45, 2.75) is 57.7 Å². The van der Waals surface area contributed by atoms with Gasteiger partial charge in [0.05, 0.1) is 11.9 Å². The lowest BCUT2D eigenvalue weighted by molar-refractivity contribution is -0.125. The highest BCUT2D eigenvalue weighted by molar-refractivity contribution is 5.80. The first-order valence-electron chi connectivity index (χ1n) is 9.69. The van der Waals surface area contributed by atoms with Crippen molar-refractivity contribution < 1.29 is 4.79 Å². The lowest BCUT2D eigenvalue weighted by Crippen LogP contribution is -2.42. The number of amides is 1. The number of hydrogen-bond donors (Lipinski definition) is 1. The first-order chi connectivity index (χ1) is 13.0. The van der Waals surface area contributed by atoms with Crippen LogP contribution in [0, 0.1) is 0 Å². The molecule has 1 N–H and O–H groups in total. The third-order valence-corrected chi connectivity index (χ3v) is 5.21. The molecule has 1 aromatic heterocycles. The average molecular weight is 368 g/mol. The molecule has 6 nitrogen and oxygen atoms in total. The Bertz CT molecular complexity index is 812. The highest BCUT2D eigenvalue weighted by atomic mass is 16.2. The van der Waals surface area contributed by atoms with Crippen molar-refractivity contribution in [2.24, 2.45) is 0 Å². The van der Waals surface area contributed by atoms with Gasteiger partial charge in [0, 0.05) is 25.7 Å². The third-order valence-electron chi connectivity index (χ3n) is 5.21. The molecule has 1 saturated carbocycles. The van der Waals surface area contributed by atoms with Gasteiger partial charge in [0.2, 0.25) is 5.91 Å². The molecular formula is C21H28N4O2. The van der Waals surface area contributed by atoms with Crippen LogP contribution < -0.4 is 15.8 Å². The van der Waals surface area contributed by atoms with Gasteiger partial charge in [-0.2, -0.15) is 5.10 Å². The van der Waals surface area contributed by atoms with E-state index in [1.807, 2.05) is 42.3 Å². The Labute approximate surface area is 160 Å². The standard InChI is InChI=1S/C21H28N4O2/c1-16(21(27)23-18-11-7-4-8-12-18)25-20(26)13-19(14-22-25)24(2)15-17-9-5-3-6-10-17/h3,5-6,9-10,13-14,16,18H,4,7-8,11-12,15H2,1-2H3,(H,23,27). The number of carbonyl (C=O) groups excluding carboxylic acids is 1. The molecule has 1 fully saturated rings. The molecule has 1 aliphatic rings. The van der Waals surface area contributed by atoms with Crippen LogP contribution in [0.1, 0.15) is 50.6 Å². The van der Waals surface area contributed by atoms with Crippen LogP contribution in [0.4, 0.5) is 5.69 Å². The second kappa shape index (κ2) is 8.84. The van der Waals surface area contributed by atoms with Crippen LogP contribution in [-0.2, 0) is 11.3 Å². The first-order valence-corrected chi connectivity index (χ1v) is 9.69. The third kappa shape index (κ3) is 4.96. The highest BCUT2D eigenvalue weighted by Gasteiger charge is 2.22. The Balaban J connectivity index is 1.66. The second-order valence-corrected chi connectivity index (χ2v) is 7.36. The molecule has 27 heavy (non-hydrogen) atoms. The molecule has 1 amide bonds. The Morgan fingerprint density at radius 2 is 1.96 bits per heavy atom. The van der Waals surface area contributed by atoms with Crippen LogP contribution in [0.15, 0.2) is 47.4 Å². The molecule has 1 aliphatic carbocycles. The van der Waals surface area contributed by atoms with E-state index < -0.39 is 6.04 Å². The summed E-state index contributed by atoms with van der Waals surface area (Å²) in [5.41, 5.74) is 1.63. The van der Waals surface area contributed by atoms with E-state index in [0.717, 1.165) is 36.9 Å². The quantitative estimate of drug-likeness (QED) is 0.851. The Kier molecular flexibility index (Phi) is 6.27. The van der Waals surface area contributed by atoms with Crippen LogP contribution in [0.25, 0.3) is 0 Å². The molecule has 3 rings (SSSR count). The molecular weight excluding hydrogens is 340 g/mol. The minimum Gasteiger partial charge on any atom is -0.369 e. The van der Waals surface area contributed by atoms with Crippen molar-refractivity contribution in [1.29, 1.82) is 0 Å². The van der Waals surface area contributed by atoms with Crippen LogP contribution in [0.5, 0.6) is 0 Å². The summed E-state index contributed by atoms with van der Waals surface area (Å²) in [6.07, 6.45) is 7.23. The van der Waals surface area contributed by atoms with E-state index >= 15 is 0 Å². The monoisotopic (exact) mass is 368 g/mol. The fourth-order valence-electron chi connectivity index (χ4n) is 3.54. The van der Waals surface area contributed by atoms with E-state index in [4.69, 9.17) is 0 Å². The number of rotatable bonds is 6. The summed E-state index contributed by atoms with van der Waals surface area (Å²) in [4.78, 5) is 27.0. The summed E-state index contributed by atoms with van der Waals surface area (Å²) < 4.78 is 1.26. The van der Waals surface area contributed by atoms with Crippen LogP contribution in [0.2, 0.25) is 0 Å². The Hall–Kier alpha value is -2.63. The fraction of sp³-hybridized carbons (Fsp3) is 0.476. The molecule has 0 radical (unpaired) electrons. The summed E-state index contributed by atoms with van der Waals surface area (Å²) >= 11 is 0. The van der Waals surface area contributed by atoms with Crippen molar-refractivity contribution in [3.05, 3.63) is 58.5 Å². The zero-order valence-corrected chi connectivity index (χ0v) is 16.1. The minimum atomic E-state index is -0.618. The van der Waals surface area contributed by atoms with Gasteiger partial charge in [-0.05, 0) is 25.3 Å². The zero-order valence-electron chi connectivity index (χ0n) is 16.1. The number of nitrogens with zero attached hydrogens (tertiary/aromatic N) is 3. The smallest absolute Gasteiger partial charge is 0.269 e. The summed E-state index contributed by atoms with van der Waals surface area (Å²) in [6.45, 7) is 2.41. The van der Waals surface area contributed by atoms with Crippen LogP contribution in [0.3, 0.4) is 0 Å². The van der Waals surface area contributed by atoms with Gasteiger partial charge >= 0.3 is 0 Å². The molecule has 144 valence electrons. The molecule has 0 spiro atoms. The lowest BCUT2D eigenvalue weighted by atomic mass is 9.95. The molecule has 0 bridgehead atoms. The molecule has 1 unspecified atom stereocenters. The topological polar surface area (TPSA) is 67.2 Å². The van der Waals surface area contributed by atoms with Crippen LogP contribution >= 0.6 is 0 Å². The van der Waals surface area contributed by atoms with E-state index in [-0.39, 0.29) is 17.5 Å². The van der Waals surface area contributed by atoms with Crippen molar-refractivity contribution in [2.75, 3.05) is 11.9 Å². The van der Waals surface area contributed by atoms with Crippen molar-refractivity contribution in [3.8, 4) is 0 Å². The van der Waals surface area contributed by atoms with E-state index in [2.05, 4.69) is 10.4 Å². The maximum absolute atomic E-state index is 12.5. The Morgan fingerprint density at radius 3 is 2.63 bits per heavy atom.